The zero-order valence-corrected chi connectivity index (χ0v) is 10.0. The van der Waals surface area contributed by atoms with Crippen LogP contribution in [0.1, 0.15) is 31.6 Å². The van der Waals surface area contributed by atoms with Gasteiger partial charge in [-0.05, 0) is 25.5 Å². The van der Waals surface area contributed by atoms with Crippen molar-refractivity contribution in [2.75, 3.05) is 19.8 Å². The van der Waals surface area contributed by atoms with E-state index in [1.165, 1.54) is 6.26 Å². The van der Waals surface area contributed by atoms with Crippen LogP contribution in [0.25, 0.3) is 0 Å². The highest BCUT2D eigenvalue weighted by Gasteiger charge is 2.15. The minimum Gasteiger partial charge on any atom is -0.467 e. The number of nitrogens with one attached hydrogen (secondary N) is 1. The highest BCUT2D eigenvalue weighted by atomic mass is 16.5. The lowest BCUT2D eigenvalue weighted by Gasteiger charge is -2.13. The topological polar surface area (TPSA) is 71.7 Å². The van der Waals surface area contributed by atoms with Crippen molar-refractivity contribution in [3.8, 4) is 0 Å². The second-order valence-corrected chi connectivity index (χ2v) is 3.62. The highest BCUT2D eigenvalue weighted by Crippen LogP contribution is 2.12. The van der Waals surface area contributed by atoms with E-state index in [9.17, 15) is 4.79 Å². The van der Waals surface area contributed by atoms with Crippen LogP contribution >= 0.6 is 0 Å². The summed E-state index contributed by atoms with van der Waals surface area (Å²) in [5, 5.41) is 11.9. The predicted molar refractivity (Wildman–Crippen MR) is 62.4 cm³/mol. The second kappa shape index (κ2) is 7.86. The van der Waals surface area contributed by atoms with E-state index in [4.69, 9.17) is 14.3 Å². The molecule has 1 aromatic rings. The van der Waals surface area contributed by atoms with Gasteiger partial charge in [0, 0.05) is 19.6 Å². The highest BCUT2D eigenvalue weighted by molar-refractivity contribution is 5.76. The van der Waals surface area contributed by atoms with E-state index in [1.54, 1.807) is 12.1 Å². The zero-order chi connectivity index (χ0) is 12.5. The number of furan rings is 1. The van der Waals surface area contributed by atoms with E-state index >= 15 is 0 Å². The van der Waals surface area contributed by atoms with Crippen LogP contribution in [0.2, 0.25) is 0 Å². The van der Waals surface area contributed by atoms with Gasteiger partial charge in [-0.3, -0.25) is 4.79 Å². The molecule has 5 nitrogen and oxygen atoms in total. The van der Waals surface area contributed by atoms with Crippen molar-refractivity contribution < 1.29 is 19.1 Å². The Morgan fingerprint density at radius 2 is 2.47 bits per heavy atom. The number of rotatable bonds is 8. The Kier molecular flexibility index (Phi) is 6.35. The fourth-order valence-corrected chi connectivity index (χ4v) is 1.44. The Hall–Kier alpha value is -1.33. The first kappa shape index (κ1) is 13.7. The van der Waals surface area contributed by atoms with Gasteiger partial charge < -0.3 is 19.6 Å². The Morgan fingerprint density at radius 3 is 3.06 bits per heavy atom. The molecule has 0 bridgehead atoms. The lowest BCUT2D eigenvalue weighted by Crippen LogP contribution is -2.30. The molecule has 0 aliphatic carbocycles. The molecule has 96 valence electrons. The summed E-state index contributed by atoms with van der Waals surface area (Å²) in [7, 11) is 0. The third-order valence-electron chi connectivity index (χ3n) is 2.30. The first-order valence-electron chi connectivity index (χ1n) is 5.79. The Bertz CT molecular complexity index is 310. The Morgan fingerprint density at radius 1 is 1.65 bits per heavy atom. The largest absolute Gasteiger partial charge is 0.467 e. The van der Waals surface area contributed by atoms with Crippen LogP contribution in [0.4, 0.5) is 0 Å². The molecule has 0 aliphatic rings. The third kappa shape index (κ3) is 5.01. The third-order valence-corrected chi connectivity index (χ3v) is 2.30. The number of carbonyl (C=O) groups is 1. The summed E-state index contributed by atoms with van der Waals surface area (Å²) in [6.07, 6.45) is 2.58. The van der Waals surface area contributed by atoms with Gasteiger partial charge in [0.15, 0.2) is 0 Å². The molecule has 0 aromatic carbocycles. The summed E-state index contributed by atoms with van der Waals surface area (Å²) < 4.78 is 10.3. The van der Waals surface area contributed by atoms with Crippen LogP contribution in [0.3, 0.4) is 0 Å². The zero-order valence-electron chi connectivity index (χ0n) is 10.0. The fraction of sp³-hybridized carbons (Fsp3) is 0.583. The molecular weight excluding hydrogens is 222 g/mol. The summed E-state index contributed by atoms with van der Waals surface area (Å²) in [6, 6.07) is 2.98. The van der Waals surface area contributed by atoms with Gasteiger partial charge in [0.2, 0.25) is 5.91 Å². The van der Waals surface area contributed by atoms with Gasteiger partial charge in [-0.25, -0.2) is 0 Å². The number of ether oxygens (including phenoxy) is 1. The van der Waals surface area contributed by atoms with Crippen molar-refractivity contribution in [2.45, 2.75) is 25.8 Å². The van der Waals surface area contributed by atoms with Gasteiger partial charge in [0.05, 0.1) is 12.9 Å². The number of hydrogen-bond acceptors (Lipinski definition) is 4. The summed E-state index contributed by atoms with van der Waals surface area (Å²) in [4.78, 5) is 11.6. The summed E-state index contributed by atoms with van der Waals surface area (Å²) in [6.45, 7) is 2.98. The molecule has 17 heavy (non-hydrogen) atoms. The standard InChI is InChI=1S/C12H19NO4/c1-2-16-7-4-6-12(15)13-10(9-14)11-5-3-8-17-11/h3,5,8,10,14H,2,4,6-7,9H2,1H3,(H,13,15). The molecule has 0 saturated carbocycles. The van der Waals surface area contributed by atoms with E-state index in [0.29, 0.717) is 31.8 Å². The number of aliphatic hydroxyl groups is 1. The SMILES string of the molecule is CCOCCCC(=O)NC(CO)c1ccco1. The van der Waals surface area contributed by atoms with Crippen LogP contribution in [0.5, 0.6) is 0 Å². The molecule has 1 atom stereocenters. The first-order chi connectivity index (χ1) is 8.27. The van der Waals surface area contributed by atoms with Crippen LogP contribution in [0.15, 0.2) is 22.8 Å². The molecule has 0 fully saturated rings. The smallest absolute Gasteiger partial charge is 0.220 e. The maximum Gasteiger partial charge on any atom is 0.220 e. The normalized spacial score (nSPS) is 12.4. The molecule has 1 heterocycles. The summed E-state index contributed by atoms with van der Waals surface area (Å²) in [5.74, 6) is 0.450. The van der Waals surface area contributed by atoms with Crippen LogP contribution in [-0.4, -0.2) is 30.8 Å². The van der Waals surface area contributed by atoms with Crippen molar-refractivity contribution in [3.63, 3.8) is 0 Å². The number of hydrogen-bond donors (Lipinski definition) is 2. The predicted octanol–water partition coefficient (Wildman–Crippen LogP) is 1.25. The molecule has 5 heteroatoms. The average molecular weight is 241 g/mol. The van der Waals surface area contributed by atoms with Crippen LogP contribution in [0, 0.1) is 0 Å². The molecule has 2 N–H and O–H groups in total. The van der Waals surface area contributed by atoms with Crippen molar-refractivity contribution in [1.29, 1.82) is 0 Å². The minimum atomic E-state index is -0.468. The molecule has 1 aromatic heterocycles. The molecule has 0 spiro atoms. The van der Waals surface area contributed by atoms with Crippen molar-refractivity contribution >= 4 is 5.91 Å². The van der Waals surface area contributed by atoms with Crippen LogP contribution in [-0.2, 0) is 9.53 Å². The van der Waals surface area contributed by atoms with Gasteiger partial charge in [-0.2, -0.15) is 0 Å². The van der Waals surface area contributed by atoms with Gasteiger partial charge in [-0.15, -0.1) is 0 Å². The van der Waals surface area contributed by atoms with E-state index < -0.39 is 6.04 Å². The summed E-state index contributed by atoms with van der Waals surface area (Å²) >= 11 is 0. The number of aliphatic hydroxyl groups excluding tert-OH is 1. The van der Waals surface area contributed by atoms with Gasteiger partial charge in [0.25, 0.3) is 0 Å². The summed E-state index contributed by atoms with van der Waals surface area (Å²) in [5.41, 5.74) is 0. The molecule has 1 rings (SSSR count). The van der Waals surface area contributed by atoms with Crippen LogP contribution < -0.4 is 5.32 Å². The van der Waals surface area contributed by atoms with Gasteiger partial charge in [-0.1, -0.05) is 0 Å². The van der Waals surface area contributed by atoms with Crippen molar-refractivity contribution in [3.05, 3.63) is 24.2 Å². The van der Waals surface area contributed by atoms with E-state index in [2.05, 4.69) is 5.32 Å². The molecule has 1 unspecified atom stereocenters. The Labute approximate surface area is 101 Å². The molecule has 0 saturated heterocycles. The number of carbonyl (C=O) groups excluding carboxylic acids is 1. The average Bonchev–Trinajstić information content (AvgIpc) is 2.85. The molecule has 0 aliphatic heterocycles. The van der Waals surface area contributed by atoms with Gasteiger partial charge in [0.1, 0.15) is 11.8 Å². The van der Waals surface area contributed by atoms with E-state index in [-0.39, 0.29) is 12.5 Å². The van der Waals surface area contributed by atoms with E-state index in [1.807, 2.05) is 6.92 Å². The maximum absolute atomic E-state index is 11.6. The molecular formula is C12H19NO4. The maximum atomic E-state index is 11.6. The van der Waals surface area contributed by atoms with Gasteiger partial charge >= 0.3 is 0 Å². The number of amides is 1. The second-order valence-electron chi connectivity index (χ2n) is 3.62. The Balaban J connectivity index is 2.28. The van der Waals surface area contributed by atoms with Crippen molar-refractivity contribution in [1.82, 2.24) is 5.32 Å². The minimum absolute atomic E-state index is 0.111. The quantitative estimate of drug-likeness (QED) is 0.672. The lowest BCUT2D eigenvalue weighted by molar-refractivity contribution is -0.122. The first-order valence-corrected chi connectivity index (χ1v) is 5.79. The fourth-order valence-electron chi connectivity index (χ4n) is 1.44. The van der Waals surface area contributed by atoms with E-state index in [0.717, 1.165) is 0 Å². The van der Waals surface area contributed by atoms with Crippen molar-refractivity contribution in [2.24, 2.45) is 0 Å². The lowest BCUT2D eigenvalue weighted by atomic mass is 10.2. The monoisotopic (exact) mass is 241 g/mol. The molecule has 0 radical (unpaired) electrons. The molecule has 1 amide bonds.